The van der Waals surface area contributed by atoms with E-state index >= 15 is 0 Å². The first-order valence-corrected chi connectivity index (χ1v) is 7.02. The molecule has 0 bridgehead atoms. The minimum absolute atomic E-state index is 0.183. The summed E-state index contributed by atoms with van der Waals surface area (Å²) in [7, 11) is 0. The van der Waals surface area contributed by atoms with Crippen molar-refractivity contribution in [2.75, 3.05) is 6.54 Å². The van der Waals surface area contributed by atoms with Crippen LogP contribution < -0.4 is 10.9 Å². The zero-order valence-electron chi connectivity index (χ0n) is 12.6. The lowest BCUT2D eigenvalue weighted by molar-refractivity contribution is -0.139. The number of H-pyrrole nitrogens is 1. The summed E-state index contributed by atoms with van der Waals surface area (Å²) in [6.07, 6.45) is -6.17. The van der Waals surface area contributed by atoms with Crippen molar-refractivity contribution >= 4 is 5.91 Å². The van der Waals surface area contributed by atoms with Crippen LogP contribution in [0.3, 0.4) is 0 Å². The summed E-state index contributed by atoms with van der Waals surface area (Å²) in [5.74, 6) is -0.778. The van der Waals surface area contributed by atoms with E-state index in [0.29, 0.717) is 5.69 Å². The van der Waals surface area contributed by atoms with Crippen molar-refractivity contribution in [3.8, 4) is 0 Å². The molecule has 0 fully saturated rings. The van der Waals surface area contributed by atoms with Crippen molar-refractivity contribution in [3.05, 3.63) is 69.1 Å². The molecular weight excluding hydrogens is 325 g/mol. The lowest BCUT2D eigenvalue weighted by Crippen LogP contribution is -2.33. The van der Waals surface area contributed by atoms with Gasteiger partial charge in [-0.2, -0.15) is 13.2 Å². The lowest BCUT2D eigenvalue weighted by atomic mass is 10.0. The number of aryl methyl sites for hydroxylation is 1. The first-order chi connectivity index (χ1) is 11.2. The van der Waals surface area contributed by atoms with Crippen LogP contribution in [0.5, 0.6) is 0 Å². The molecule has 0 radical (unpaired) electrons. The van der Waals surface area contributed by atoms with Crippen molar-refractivity contribution in [2.24, 2.45) is 0 Å². The number of nitrogens with one attached hydrogen (secondary N) is 2. The number of benzene rings is 1. The molecule has 1 atom stereocenters. The molecule has 0 spiro atoms. The van der Waals surface area contributed by atoms with E-state index in [9.17, 15) is 27.9 Å². The Hall–Kier alpha value is -2.61. The molecule has 0 unspecified atom stereocenters. The molecule has 0 aliphatic carbocycles. The molecule has 2 aromatic rings. The number of hydrogen-bond acceptors (Lipinski definition) is 3. The van der Waals surface area contributed by atoms with Crippen LogP contribution >= 0.6 is 0 Å². The molecule has 1 amide bonds. The van der Waals surface area contributed by atoms with Gasteiger partial charge in [0.2, 0.25) is 0 Å². The van der Waals surface area contributed by atoms with E-state index in [-0.39, 0.29) is 11.1 Å². The number of carbonyl (C=O) groups is 1. The summed E-state index contributed by atoms with van der Waals surface area (Å²) in [6, 6.07) is 7.39. The van der Waals surface area contributed by atoms with Gasteiger partial charge in [0.25, 0.3) is 11.5 Å². The predicted octanol–water partition coefficient (Wildman–Crippen LogP) is 2.17. The highest BCUT2D eigenvalue weighted by molar-refractivity contribution is 5.93. The van der Waals surface area contributed by atoms with Crippen LogP contribution in [0, 0.1) is 6.92 Å². The third-order valence-corrected chi connectivity index (χ3v) is 3.38. The Kier molecular flexibility index (Phi) is 5.08. The van der Waals surface area contributed by atoms with Gasteiger partial charge < -0.3 is 15.4 Å². The van der Waals surface area contributed by atoms with E-state index in [1.807, 2.05) is 0 Å². The first kappa shape index (κ1) is 17.7. The number of amides is 1. The maximum Gasteiger partial charge on any atom is 0.416 e. The largest absolute Gasteiger partial charge is 0.416 e. The summed E-state index contributed by atoms with van der Waals surface area (Å²) in [4.78, 5) is 26.0. The summed E-state index contributed by atoms with van der Waals surface area (Å²) in [5, 5.41) is 12.2. The number of aliphatic hydroxyl groups is 1. The van der Waals surface area contributed by atoms with Gasteiger partial charge >= 0.3 is 6.18 Å². The maximum absolute atomic E-state index is 12.9. The number of pyridine rings is 1. The predicted molar refractivity (Wildman–Crippen MR) is 80.5 cm³/mol. The van der Waals surface area contributed by atoms with E-state index in [2.05, 4.69) is 10.3 Å². The summed E-state index contributed by atoms with van der Waals surface area (Å²) < 4.78 is 38.8. The Morgan fingerprint density at radius 3 is 2.54 bits per heavy atom. The van der Waals surface area contributed by atoms with E-state index in [4.69, 9.17) is 0 Å². The monoisotopic (exact) mass is 340 g/mol. The number of aromatic amines is 1. The summed E-state index contributed by atoms with van der Waals surface area (Å²) >= 11 is 0. The Bertz CT molecular complexity index is 800. The first-order valence-electron chi connectivity index (χ1n) is 7.02. The molecule has 1 heterocycles. The Balaban J connectivity index is 2.13. The van der Waals surface area contributed by atoms with Crippen molar-refractivity contribution < 1.29 is 23.1 Å². The van der Waals surface area contributed by atoms with Gasteiger partial charge in [0.1, 0.15) is 5.56 Å². The number of carbonyl (C=O) groups excluding carboxylic acids is 1. The van der Waals surface area contributed by atoms with Crippen molar-refractivity contribution in [1.82, 2.24) is 10.3 Å². The van der Waals surface area contributed by atoms with E-state index in [0.717, 1.165) is 12.1 Å². The minimum atomic E-state index is -4.62. The zero-order chi connectivity index (χ0) is 17.9. The quantitative estimate of drug-likeness (QED) is 0.798. The number of halogens is 3. The summed E-state index contributed by atoms with van der Waals surface area (Å²) in [5.41, 5.74) is -1.55. The number of alkyl halides is 3. The van der Waals surface area contributed by atoms with Gasteiger partial charge in [0.05, 0.1) is 11.7 Å². The minimum Gasteiger partial charge on any atom is -0.387 e. The molecule has 0 aliphatic rings. The van der Waals surface area contributed by atoms with Gasteiger partial charge in [-0.15, -0.1) is 0 Å². The zero-order valence-corrected chi connectivity index (χ0v) is 12.6. The topological polar surface area (TPSA) is 82.2 Å². The fourth-order valence-electron chi connectivity index (χ4n) is 2.19. The Labute approximate surface area is 135 Å². The highest BCUT2D eigenvalue weighted by Crippen LogP contribution is 2.34. The second kappa shape index (κ2) is 6.88. The third kappa shape index (κ3) is 4.02. The molecule has 0 aliphatic heterocycles. The highest BCUT2D eigenvalue weighted by atomic mass is 19.4. The van der Waals surface area contributed by atoms with Crippen molar-refractivity contribution in [1.29, 1.82) is 0 Å². The Morgan fingerprint density at radius 2 is 1.92 bits per heavy atom. The molecule has 24 heavy (non-hydrogen) atoms. The molecule has 1 aromatic carbocycles. The molecule has 8 heteroatoms. The van der Waals surface area contributed by atoms with E-state index in [1.165, 1.54) is 24.3 Å². The number of rotatable bonds is 4. The van der Waals surface area contributed by atoms with Crippen molar-refractivity contribution in [3.63, 3.8) is 0 Å². The molecule has 3 N–H and O–H groups in total. The molecule has 128 valence electrons. The number of aliphatic hydroxyl groups excluding tert-OH is 1. The Morgan fingerprint density at radius 1 is 1.25 bits per heavy atom. The van der Waals surface area contributed by atoms with E-state index < -0.39 is 35.9 Å². The molecule has 1 aromatic heterocycles. The van der Waals surface area contributed by atoms with Crippen LogP contribution in [0.2, 0.25) is 0 Å². The average molecular weight is 340 g/mol. The molecule has 5 nitrogen and oxygen atoms in total. The van der Waals surface area contributed by atoms with Crippen LogP contribution in [-0.4, -0.2) is 22.5 Å². The molecule has 0 saturated heterocycles. The third-order valence-electron chi connectivity index (χ3n) is 3.38. The van der Waals surface area contributed by atoms with Crippen LogP contribution in [0.25, 0.3) is 0 Å². The van der Waals surface area contributed by atoms with Crippen LogP contribution in [0.4, 0.5) is 13.2 Å². The van der Waals surface area contributed by atoms with Gasteiger partial charge in [-0.1, -0.05) is 18.2 Å². The van der Waals surface area contributed by atoms with Gasteiger partial charge in [-0.3, -0.25) is 9.59 Å². The van der Waals surface area contributed by atoms with Gasteiger partial charge in [-0.25, -0.2) is 0 Å². The SMILES string of the molecule is Cc1ccc(C(=O)NC[C@@H](O)c2ccccc2C(F)(F)F)c(=O)[nH]1. The van der Waals surface area contributed by atoms with Crippen LogP contribution in [0.1, 0.15) is 33.3 Å². The highest BCUT2D eigenvalue weighted by Gasteiger charge is 2.34. The second-order valence-electron chi connectivity index (χ2n) is 5.19. The fourth-order valence-corrected chi connectivity index (χ4v) is 2.19. The summed E-state index contributed by atoms with van der Waals surface area (Å²) in [6.45, 7) is 1.18. The smallest absolute Gasteiger partial charge is 0.387 e. The van der Waals surface area contributed by atoms with Crippen LogP contribution in [-0.2, 0) is 6.18 Å². The number of aromatic nitrogens is 1. The molecule has 2 rings (SSSR count). The maximum atomic E-state index is 12.9. The molecule has 0 saturated carbocycles. The fraction of sp³-hybridized carbons (Fsp3) is 0.250. The average Bonchev–Trinajstić information content (AvgIpc) is 2.51. The molecular formula is C16H15F3N2O3. The number of hydrogen-bond donors (Lipinski definition) is 3. The van der Waals surface area contributed by atoms with Gasteiger partial charge in [0.15, 0.2) is 0 Å². The van der Waals surface area contributed by atoms with Gasteiger partial charge in [-0.05, 0) is 30.7 Å². The standard InChI is InChI=1S/C16H15F3N2O3/c1-9-6-7-11(15(24)21-9)14(23)20-8-13(22)10-4-2-3-5-12(10)16(17,18)19/h2-7,13,22H,8H2,1H3,(H,20,23)(H,21,24)/t13-/m1/s1. The van der Waals surface area contributed by atoms with E-state index in [1.54, 1.807) is 6.92 Å². The van der Waals surface area contributed by atoms with Crippen LogP contribution in [0.15, 0.2) is 41.2 Å². The van der Waals surface area contributed by atoms with Gasteiger partial charge in [0, 0.05) is 12.2 Å². The second-order valence-corrected chi connectivity index (χ2v) is 5.19. The lowest BCUT2D eigenvalue weighted by Gasteiger charge is -2.17. The normalized spacial score (nSPS) is 12.7. The van der Waals surface area contributed by atoms with Crippen molar-refractivity contribution in [2.45, 2.75) is 19.2 Å².